The molecule has 0 spiro atoms. The standard InChI is InChI=1S/C14H18O5S/c1-9-3-5-11(6-4-9)20(17,18)8-7-12-14(16)13(15)10(2)19-12/h3-8,10,12-16H,1-2H3/b8-7-/t10-,12+,13?,14-/m0/s1. The summed E-state index contributed by atoms with van der Waals surface area (Å²) < 4.78 is 29.5. The van der Waals surface area contributed by atoms with E-state index in [1.807, 2.05) is 6.92 Å². The molecule has 0 radical (unpaired) electrons. The first-order valence-electron chi connectivity index (χ1n) is 6.33. The van der Waals surface area contributed by atoms with Gasteiger partial charge >= 0.3 is 0 Å². The Morgan fingerprint density at radius 2 is 1.75 bits per heavy atom. The minimum absolute atomic E-state index is 0.181. The normalized spacial score (nSPS) is 31.0. The number of hydrogen-bond donors (Lipinski definition) is 2. The van der Waals surface area contributed by atoms with Crippen LogP contribution in [0.1, 0.15) is 12.5 Å². The summed E-state index contributed by atoms with van der Waals surface area (Å²) in [6.45, 7) is 3.49. The van der Waals surface area contributed by atoms with Gasteiger partial charge in [0, 0.05) is 5.41 Å². The molecule has 2 N–H and O–H groups in total. The average Bonchev–Trinajstić information content (AvgIpc) is 2.64. The van der Waals surface area contributed by atoms with E-state index in [4.69, 9.17) is 4.74 Å². The lowest BCUT2D eigenvalue weighted by Crippen LogP contribution is -2.30. The van der Waals surface area contributed by atoms with E-state index in [0.29, 0.717) is 0 Å². The quantitative estimate of drug-likeness (QED) is 0.862. The Labute approximate surface area is 118 Å². The molecule has 4 atom stereocenters. The molecule has 0 aliphatic carbocycles. The average molecular weight is 298 g/mol. The fourth-order valence-corrected chi connectivity index (χ4v) is 3.06. The predicted octanol–water partition coefficient (Wildman–Crippen LogP) is 0.792. The van der Waals surface area contributed by atoms with Gasteiger partial charge < -0.3 is 14.9 Å². The zero-order valence-electron chi connectivity index (χ0n) is 11.3. The van der Waals surface area contributed by atoms with Crippen molar-refractivity contribution < 1.29 is 23.4 Å². The van der Waals surface area contributed by atoms with Gasteiger partial charge in [0.25, 0.3) is 0 Å². The summed E-state index contributed by atoms with van der Waals surface area (Å²) >= 11 is 0. The summed E-state index contributed by atoms with van der Waals surface area (Å²) in [7, 11) is -3.58. The van der Waals surface area contributed by atoms with Crippen LogP contribution in [0.4, 0.5) is 0 Å². The second-order valence-corrected chi connectivity index (χ2v) is 6.81. The van der Waals surface area contributed by atoms with Crippen LogP contribution in [0.15, 0.2) is 40.6 Å². The van der Waals surface area contributed by atoms with Gasteiger partial charge in [-0.2, -0.15) is 0 Å². The van der Waals surface area contributed by atoms with E-state index in [0.717, 1.165) is 11.0 Å². The maximum atomic E-state index is 12.1. The van der Waals surface area contributed by atoms with Crippen LogP contribution < -0.4 is 0 Å². The van der Waals surface area contributed by atoms with Crippen LogP contribution in [0.25, 0.3) is 0 Å². The Bertz CT molecular complexity index is 590. The molecule has 1 aliphatic heterocycles. The molecule has 20 heavy (non-hydrogen) atoms. The fraction of sp³-hybridized carbons (Fsp3) is 0.429. The Morgan fingerprint density at radius 3 is 2.25 bits per heavy atom. The molecule has 1 aromatic rings. The van der Waals surface area contributed by atoms with Crippen molar-refractivity contribution in [2.24, 2.45) is 0 Å². The maximum Gasteiger partial charge on any atom is 0.199 e. The van der Waals surface area contributed by atoms with Crippen LogP contribution in [0.3, 0.4) is 0 Å². The van der Waals surface area contributed by atoms with Crippen LogP contribution in [-0.4, -0.2) is 43.0 Å². The Kier molecular flexibility index (Phi) is 4.29. The molecule has 6 heteroatoms. The smallest absolute Gasteiger partial charge is 0.199 e. The molecule has 5 nitrogen and oxygen atoms in total. The van der Waals surface area contributed by atoms with Crippen molar-refractivity contribution in [2.45, 2.75) is 43.2 Å². The van der Waals surface area contributed by atoms with Crippen molar-refractivity contribution in [3.8, 4) is 0 Å². The molecule has 0 aromatic heterocycles. The Balaban J connectivity index is 2.16. The molecular weight excluding hydrogens is 280 g/mol. The van der Waals surface area contributed by atoms with Crippen molar-refractivity contribution in [1.82, 2.24) is 0 Å². The first-order valence-corrected chi connectivity index (χ1v) is 7.87. The van der Waals surface area contributed by atoms with Crippen molar-refractivity contribution in [3.05, 3.63) is 41.3 Å². The molecule has 0 amide bonds. The number of sulfone groups is 1. The molecule has 1 saturated heterocycles. The summed E-state index contributed by atoms with van der Waals surface area (Å²) in [5.41, 5.74) is 0.972. The minimum Gasteiger partial charge on any atom is -0.388 e. The van der Waals surface area contributed by atoms with Gasteiger partial charge in [-0.05, 0) is 32.1 Å². The van der Waals surface area contributed by atoms with Crippen molar-refractivity contribution in [2.75, 3.05) is 0 Å². The third-order valence-electron chi connectivity index (χ3n) is 3.34. The Hall–Kier alpha value is -1.21. The second-order valence-electron chi connectivity index (χ2n) is 4.97. The number of hydrogen-bond acceptors (Lipinski definition) is 5. The number of aryl methyl sites for hydroxylation is 1. The first kappa shape index (κ1) is 15.2. The van der Waals surface area contributed by atoms with E-state index in [-0.39, 0.29) is 4.90 Å². The van der Waals surface area contributed by atoms with E-state index in [9.17, 15) is 18.6 Å². The highest BCUT2D eigenvalue weighted by atomic mass is 32.2. The second kappa shape index (κ2) is 5.65. The SMILES string of the molecule is Cc1ccc(S(=O)(=O)/C=C\[C@H]2O[C@@H](C)C(O)[C@H]2O)cc1. The molecule has 0 bridgehead atoms. The van der Waals surface area contributed by atoms with E-state index < -0.39 is 34.3 Å². The van der Waals surface area contributed by atoms with Crippen LogP contribution in [-0.2, 0) is 14.6 Å². The molecule has 1 heterocycles. The minimum atomic E-state index is -3.58. The van der Waals surface area contributed by atoms with Crippen LogP contribution in [0.2, 0.25) is 0 Å². The largest absolute Gasteiger partial charge is 0.388 e. The number of ether oxygens (including phenoxy) is 1. The molecule has 1 unspecified atom stereocenters. The zero-order chi connectivity index (χ0) is 14.9. The number of benzene rings is 1. The predicted molar refractivity (Wildman–Crippen MR) is 73.9 cm³/mol. The summed E-state index contributed by atoms with van der Waals surface area (Å²) in [6.07, 6.45) is -2.20. The van der Waals surface area contributed by atoms with Crippen molar-refractivity contribution >= 4 is 9.84 Å². The molecule has 2 rings (SSSR count). The summed E-state index contributed by atoms with van der Waals surface area (Å²) in [6, 6.07) is 6.48. The first-order chi connectivity index (χ1) is 9.31. The fourth-order valence-electron chi connectivity index (χ4n) is 2.03. The van der Waals surface area contributed by atoms with Crippen LogP contribution in [0.5, 0.6) is 0 Å². The van der Waals surface area contributed by atoms with Gasteiger partial charge in [0.15, 0.2) is 9.84 Å². The van der Waals surface area contributed by atoms with Gasteiger partial charge in [-0.15, -0.1) is 0 Å². The number of aliphatic hydroxyl groups is 2. The monoisotopic (exact) mass is 298 g/mol. The molecule has 1 fully saturated rings. The molecule has 1 aliphatic rings. The van der Waals surface area contributed by atoms with Gasteiger partial charge in [-0.3, -0.25) is 0 Å². The number of rotatable bonds is 3. The number of aliphatic hydroxyl groups excluding tert-OH is 2. The van der Waals surface area contributed by atoms with Gasteiger partial charge in [0.2, 0.25) is 0 Å². The van der Waals surface area contributed by atoms with Crippen LogP contribution in [0, 0.1) is 6.92 Å². The topological polar surface area (TPSA) is 83.8 Å². The summed E-state index contributed by atoms with van der Waals surface area (Å²) in [5, 5.41) is 20.3. The van der Waals surface area contributed by atoms with E-state index >= 15 is 0 Å². The highest BCUT2D eigenvalue weighted by molar-refractivity contribution is 7.94. The molecule has 1 aromatic carbocycles. The zero-order valence-corrected chi connectivity index (χ0v) is 12.1. The lowest BCUT2D eigenvalue weighted by atomic mass is 10.1. The molecule has 0 saturated carbocycles. The van der Waals surface area contributed by atoms with E-state index in [2.05, 4.69) is 0 Å². The molecular formula is C14H18O5S. The van der Waals surface area contributed by atoms with Crippen LogP contribution >= 0.6 is 0 Å². The lowest BCUT2D eigenvalue weighted by Gasteiger charge is -2.10. The highest BCUT2D eigenvalue weighted by Gasteiger charge is 2.38. The highest BCUT2D eigenvalue weighted by Crippen LogP contribution is 2.23. The third-order valence-corrected chi connectivity index (χ3v) is 4.78. The summed E-state index contributed by atoms with van der Waals surface area (Å²) in [4.78, 5) is 0.181. The van der Waals surface area contributed by atoms with Gasteiger partial charge in [-0.1, -0.05) is 17.7 Å². The van der Waals surface area contributed by atoms with Gasteiger partial charge in [0.1, 0.15) is 18.3 Å². The van der Waals surface area contributed by atoms with E-state index in [1.165, 1.54) is 18.2 Å². The van der Waals surface area contributed by atoms with E-state index in [1.54, 1.807) is 19.1 Å². The summed E-state index contributed by atoms with van der Waals surface area (Å²) in [5.74, 6) is 0. The molecule has 110 valence electrons. The van der Waals surface area contributed by atoms with Gasteiger partial charge in [0.05, 0.1) is 11.0 Å². The third kappa shape index (κ3) is 3.09. The van der Waals surface area contributed by atoms with Gasteiger partial charge in [-0.25, -0.2) is 8.42 Å². The van der Waals surface area contributed by atoms with Crippen molar-refractivity contribution in [1.29, 1.82) is 0 Å². The maximum absolute atomic E-state index is 12.1. The lowest BCUT2D eigenvalue weighted by molar-refractivity contribution is 0.0316. The van der Waals surface area contributed by atoms with Crippen molar-refractivity contribution in [3.63, 3.8) is 0 Å². The Morgan fingerprint density at radius 1 is 1.15 bits per heavy atom.